The zero-order chi connectivity index (χ0) is 21.8. The third kappa shape index (κ3) is 4.80. The Balaban J connectivity index is 1.51. The molecule has 0 bridgehead atoms. The van der Waals surface area contributed by atoms with Gasteiger partial charge in [0.05, 0.1) is 11.4 Å². The van der Waals surface area contributed by atoms with Gasteiger partial charge < -0.3 is 5.32 Å². The fraction of sp³-hybridized carbons (Fsp3) is 0.0870. The molecular weight excluding hydrogens is 418 g/mol. The van der Waals surface area contributed by atoms with Crippen LogP contribution in [-0.4, -0.2) is 26.4 Å². The van der Waals surface area contributed by atoms with E-state index in [0.29, 0.717) is 10.7 Å². The molecule has 4 aromatic rings. The Morgan fingerprint density at radius 3 is 2.55 bits per heavy atom. The van der Waals surface area contributed by atoms with Crippen molar-refractivity contribution in [3.8, 4) is 16.8 Å². The summed E-state index contributed by atoms with van der Waals surface area (Å²) in [6, 6.07) is 18.5. The molecule has 8 heteroatoms. The number of aryl methyl sites for hydroxylation is 1. The van der Waals surface area contributed by atoms with Crippen LogP contribution >= 0.6 is 11.8 Å². The number of aromatic nitrogens is 3. The minimum absolute atomic E-state index is 0.0183. The molecule has 0 spiro atoms. The van der Waals surface area contributed by atoms with Crippen LogP contribution in [-0.2, 0) is 4.79 Å². The Hall–Kier alpha value is -3.52. The second kappa shape index (κ2) is 9.09. The predicted octanol–water partition coefficient (Wildman–Crippen LogP) is 5.25. The van der Waals surface area contributed by atoms with Gasteiger partial charge >= 0.3 is 0 Å². The Bertz CT molecular complexity index is 1210. The number of rotatable bonds is 6. The summed E-state index contributed by atoms with van der Waals surface area (Å²) in [5.41, 5.74) is 2.82. The maximum absolute atomic E-state index is 14.5. The first-order valence-corrected chi connectivity index (χ1v) is 10.4. The Labute approximate surface area is 182 Å². The molecule has 0 fully saturated rings. The highest BCUT2D eigenvalue weighted by Gasteiger charge is 2.17. The van der Waals surface area contributed by atoms with Crippen LogP contribution in [0.3, 0.4) is 0 Å². The van der Waals surface area contributed by atoms with Crippen molar-refractivity contribution in [2.45, 2.75) is 12.1 Å². The maximum atomic E-state index is 14.5. The summed E-state index contributed by atoms with van der Waals surface area (Å²) in [5.74, 6) is -2.00. The number of amides is 1. The molecule has 1 aromatic heterocycles. The van der Waals surface area contributed by atoms with E-state index in [1.807, 2.05) is 31.2 Å². The molecule has 1 N–H and O–H groups in total. The van der Waals surface area contributed by atoms with Gasteiger partial charge in [-0.25, -0.2) is 8.78 Å². The fourth-order valence-corrected chi connectivity index (χ4v) is 3.79. The van der Waals surface area contributed by atoms with Crippen molar-refractivity contribution < 1.29 is 13.6 Å². The van der Waals surface area contributed by atoms with E-state index in [0.717, 1.165) is 17.3 Å². The highest BCUT2D eigenvalue weighted by molar-refractivity contribution is 7.99. The number of thioether (sulfide) groups is 1. The number of carbonyl (C=O) groups is 1. The Kier molecular flexibility index (Phi) is 6.08. The van der Waals surface area contributed by atoms with Crippen molar-refractivity contribution in [2.24, 2.45) is 0 Å². The van der Waals surface area contributed by atoms with E-state index in [4.69, 9.17) is 0 Å². The first-order chi connectivity index (χ1) is 15.0. The Morgan fingerprint density at radius 1 is 1.06 bits per heavy atom. The fourth-order valence-electron chi connectivity index (χ4n) is 3.06. The summed E-state index contributed by atoms with van der Waals surface area (Å²) in [6.45, 7) is 1.99. The highest BCUT2D eigenvalue weighted by Crippen LogP contribution is 2.32. The first-order valence-electron chi connectivity index (χ1n) is 9.45. The minimum Gasteiger partial charge on any atom is -0.322 e. The highest BCUT2D eigenvalue weighted by atomic mass is 32.2. The van der Waals surface area contributed by atoms with E-state index in [9.17, 15) is 13.6 Å². The molecule has 0 aliphatic carbocycles. The van der Waals surface area contributed by atoms with E-state index >= 15 is 0 Å². The normalized spacial score (nSPS) is 10.8. The van der Waals surface area contributed by atoms with E-state index in [-0.39, 0.29) is 17.0 Å². The van der Waals surface area contributed by atoms with Crippen LogP contribution in [0.25, 0.3) is 16.8 Å². The average molecular weight is 436 g/mol. The lowest BCUT2D eigenvalue weighted by Gasteiger charge is -2.13. The number of nitrogens with one attached hydrogen (secondary N) is 1. The first kappa shape index (κ1) is 20.7. The number of anilines is 1. The van der Waals surface area contributed by atoms with Gasteiger partial charge in [0.1, 0.15) is 18.0 Å². The molecule has 0 saturated carbocycles. The molecule has 0 aliphatic heterocycles. The largest absolute Gasteiger partial charge is 0.322 e. The van der Waals surface area contributed by atoms with Crippen LogP contribution in [0.1, 0.15) is 5.56 Å². The topological polar surface area (TPSA) is 59.8 Å². The predicted molar refractivity (Wildman–Crippen MR) is 117 cm³/mol. The molecule has 0 unspecified atom stereocenters. The van der Waals surface area contributed by atoms with Gasteiger partial charge in [-0.05, 0) is 30.7 Å². The van der Waals surface area contributed by atoms with Crippen molar-refractivity contribution in [1.82, 2.24) is 14.8 Å². The minimum atomic E-state index is -0.833. The number of nitrogens with zero attached hydrogens (tertiary/aromatic N) is 3. The second-order valence-corrected chi connectivity index (χ2v) is 7.77. The molecule has 0 radical (unpaired) electrons. The zero-order valence-corrected chi connectivity index (χ0v) is 17.4. The molecule has 4 rings (SSSR count). The van der Waals surface area contributed by atoms with Crippen LogP contribution in [0, 0.1) is 18.6 Å². The summed E-state index contributed by atoms with van der Waals surface area (Å²) >= 11 is 1.17. The lowest BCUT2D eigenvalue weighted by atomic mass is 10.0. The molecule has 3 aromatic carbocycles. The van der Waals surface area contributed by atoms with Gasteiger partial charge in [0.25, 0.3) is 0 Å². The Morgan fingerprint density at radius 2 is 1.81 bits per heavy atom. The molecule has 1 amide bonds. The van der Waals surface area contributed by atoms with Crippen molar-refractivity contribution in [1.29, 1.82) is 0 Å². The standard InChI is InChI=1S/C23H18F2N4OS/c1-15-7-9-18(10-8-15)29-14-26-28-23(29)31-13-21(30)27-22-19(11-17(24)12-20(22)25)16-5-3-2-4-6-16/h2-12,14H,13H2,1H3,(H,27,30). The van der Waals surface area contributed by atoms with Crippen LogP contribution in [0.4, 0.5) is 14.5 Å². The molecule has 0 saturated heterocycles. The van der Waals surface area contributed by atoms with E-state index < -0.39 is 17.5 Å². The lowest BCUT2D eigenvalue weighted by Crippen LogP contribution is -2.16. The average Bonchev–Trinajstić information content (AvgIpc) is 3.24. The molecule has 0 atom stereocenters. The molecule has 5 nitrogen and oxygen atoms in total. The summed E-state index contributed by atoms with van der Waals surface area (Å²) in [7, 11) is 0. The van der Waals surface area contributed by atoms with Gasteiger partial charge in [0.2, 0.25) is 5.91 Å². The molecular formula is C23H18F2N4OS. The molecule has 156 valence electrons. The summed E-state index contributed by atoms with van der Waals surface area (Å²) in [6.07, 6.45) is 1.57. The maximum Gasteiger partial charge on any atom is 0.234 e. The number of benzene rings is 3. The molecule has 1 heterocycles. The van der Waals surface area contributed by atoms with Crippen LogP contribution in [0.15, 0.2) is 78.2 Å². The van der Waals surface area contributed by atoms with Gasteiger partial charge in [0.15, 0.2) is 5.16 Å². The number of hydrogen-bond donors (Lipinski definition) is 1. The van der Waals surface area contributed by atoms with E-state index in [2.05, 4.69) is 15.5 Å². The van der Waals surface area contributed by atoms with Gasteiger partial charge in [-0.1, -0.05) is 59.8 Å². The summed E-state index contributed by atoms with van der Waals surface area (Å²) in [5, 5.41) is 11.1. The van der Waals surface area contributed by atoms with Crippen LogP contribution in [0.5, 0.6) is 0 Å². The van der Waals surface area contributed by atoms with Crippen molar-refractivity contribution in [2.75, 3.05) is 11.1 Å². The monoisotopic (exact) mass is 436 g/mol. The van der Waals surface area contributed by atoms with E-state index in [1.54, 1.807) is 41.2 Å². The third-order valence-corrected chi connectivity index (χ3v) is 5.51. The molecule has 31 heavy (non-hydrogen) atoms. The van der Waals surface area contributed by atoms with Crippen LogP contribution in [0.2, 0.25) is 0 Å². The van der Waals surface area contributed by atoms with Gasteiger partial charge in [-0.15, -0.1) is 10.2 Å². The number of halogens is 2. The zero-order valence-electron chi connectivity index (χ0n) is 16.5. The van der Waals surface area contributed by atoms with Crippen molar-refractivity contribution in [3.63, 3.8) is 0 Å². The smallest absolute Gasteiger partial charge is 0.234 e. The van der Waals surface area contributed by atoms with Gasteiger partial charge in [-0.3, -0.25) is 9.36 Å². The SMILES string of the molecule is Cc1ccc(-n2cnnc2SCC(=O)Nc2c(F)cc(F)cc2-c2ccccc2)cc1. The third-order valence-electron chi connectivity index (χ3n) is 4.57. The quantitative estimate of drug-likeness (QED) is 0.419. The van der Waals surface area contributed by atoms with Crippen molar-refractivity contribution in [3.05, 3.63) is 90.3 Å². The van der Waals surface area contributed by atoms with Crippen LogP contribution < -0.4 is 5.32 Å². The van der Waals surface area contributed by atoms with Gasteiger partial charge in [-0.2, -0.15) is 0 Å². The molecule has 0 aliphatic rings. The number of hydrogen-bond acceptors (Lipinski definition) is 4. The van der Waals surface area contributed by atoms with E-state index in [1.165, 1.54) is 17.8 Å². The van der Waals surface area contributed by atoms with Gasteiger partial charge in [0, 0.05) is 17.3 Å². The van der Waals surface area contributed by atoms with Crippen molar-refractivity contribution >= 4 is 23.4 Å². The lowest BCUT2D eigenvalue weighted by molar-refractivity contribution is -0.113. The number of carbonyl (C=O) groups excluding carboxylic acids is 1. The summed E-state index contributed by atoms with van der Waals surface area (Å²) < 4.78 is 30.1. The second-order valence-electron chi connectivity index (χ2n) is 6.83. The summed E-state index contributed by atoms with van der Waals surface area (Å²) in [4.78, 5) is 12.6.